The highest BCUT2D eigenvalue weighted by Gasteiger charge is 2.28. The molecule has 158 valence electrons. The summed E-state index contributed by atoms with van der Waals surface area (Å²) in [5.74, 6) is 1.84. The van der Waals surface area contributed by atoms with Crippen molar-refractivity contribution in [3.8, 4) is 0 Å². The van der Waals surface area contributed by atoms with Gasteiger partial charge in [0.2, 0.25) is 0 Å². The lowest BCUT2D eigenvalue weighted by Gasteiger charge is -2.42. The standard InChI is InChI=1S/C23H46N4/c1-19(2)21-5-11-25(12-6-21)17-18-26-13-9-23(10-14-26)27-15-7-22(8-16-27)24-20(3)4/h19-24H,5-18H2,1-4H3. The van der Waals surface area contributed by atoms with Crippen molar-refractivity contribution in [1.82, 2.24) is 20.0 Å². The summed E-state index contributed by atoms with van der Waals surface area (Å²) in [5.41, 5.74) is 0. The first kappa shape index (κ1) is 21.5. The SMILES string of the molecule is CC(C)NC1CCN(C2CCN(CCN3CCC(C(C)C)CC3)CC2)CC1. The van der Waals surface area contributed by atoms with E-state index in [1.54, 1.807) is 0 Å². The molecule has 0 aromatic carbocycles. The van der Waals surface area contributed by atoms with Crippen LogP contribution in [0.3, 0.4) is 0 Å². The van der Waals surface area contributed by atoms with Gasteiger partial charge in [0, 0.05) is 31.2 Å². The molecule has 0 bridgehead atoms. The summed E-state index contributed by atoms with van der Waals surface area (Å²) in [5, 5.41) is 3.73. The molecule has 3 aliphatic rings. The van der Waals surface area contributed by atoms with E-state index in [0.717, 1.165) is 23.9 Å². The molecule has 0 amide bonds. The van der Waals surface area contributed by atoms with E-state index in [4.69, 9.17) is 0 Å². The van der Waals surface area contributed by atoms with Crippen LogP contribution in [0.1, 0.15) is 66.2 Å². The Morgan fingerprint density at radius 1 is 0.704 bits per heavy atom. The van der Waals surface area contributed by atoms with Gasteiger partial charge in [-0.05, 0) is 89.6 Å². The second kappa shape index (κ2) is 10.6. The average molecular weight is 379 g/mol. The van der Waals surface area contributed by atoms with Crippen LogP contribution in [0.4, 0.5) is 0 Å². The summed E-state index contributed by atoms with van der Waals surface area (Å²) in [4.78, 5) is 8.25. The lowest BCUT2D eigenvalue weighted by atomic mass is 9.87. The zero-order valence-corrected chi connectivity index (χ0v) is 18.6. The third-order valence-electron chi connectivity index (χ3n) is 7.48. The first-order chi connectivity index (χ1) is 13.0. The first-order valence-corrected chi connectivity index (χ1v) is 12.0. The van der Waals surface area contributed by atoms with Crippen LogP contribution < -0.4 is 5.32 Å². The molecule has 3 heterocycles. The lowest BCUT2D eigenvalue weighted by molar-refractivity contribution is 0.0738. The van der Waals surface area contributed by atoms with E-state index in [0.29, 0.717) is 6.04 Å². The van der Waals surface area contributed by atoms with Crippen molar-refractivity contribution in [2.75, 3.05) is 52.4 Å². The number of rotatable bonds is 7. The van der Waals surface area contributed by atoms with Gasteiger partial charge in [-0.15, -0.1) is 0 Å². The van der Waals surface area contributed by atoms with Gasteiger partial charge in [-0.2, -0.15) is 0 Å². The zero-order valence-electron chi connectivity index (χ0n) is 18.6. The second-order valence-corrected chi connectivity index (χ2v) is 10.1. The topological polar surface area (TPSA) is 21.8 Å². The molecule has 1 N–H and O–H groups in total. The van der Waals surface area contributed by atoms with E-state index in [1.165, 1.54) is 90.9 Å². The van der Waals surface area contributed by atoms with Crippen molar-refractivity contribution in [3.05, 3.63) is 0 Å². The average Bonchev–Trinajstić information content (AvgIpc) is 2.67. The smallest absolute Gasteiger partial charge is 0.0120 e. The maximum atomic E-state index is 3.73. The fourth-order valence-corrected chi connectivity index (χ4v) is 5.54. The van der Waals surface area contributed by atoms with Crippen LogP contribution in [0.5, 0.6) is 0 Å². The molecule has 3 rings (SSSR count). The Kier molecular flexibility index (Phi) is 8.43. The third-order valence-corrected chi connectivity index (χ3v) is 7.48. The Hall–Kier alpha value is -0.160. The minimum atomic E-state index is 0.626. The first-order valence-electron chi connectivity index (χ1n) is 12.0. The predicted molar refractivity (Wildman–Crippen MR) is 116 cm³/mol. The molecular formula is C23H46N4. The molecule has 3 aliphatic heterocycles. The molecule has 0 aliphatic carbocycles. The molecule has 0 atom stereocenters. The Bertz CT molecular complexity index is 401. The van der Waals surface area contributed by atoms with Gasteiger partial charge in [0.15, 0.2) is 0 Å². The Morgan fingerprint density at radius 2 is 1.22 bits per heavy atom. The lowest BCUT2D eigenvalue weighted by Crippen LogP contribution is -2.51. The van der Waals surface area contributed by atoms with E-state index in [-0.39, 0.29) is 0 Å². The van der Waals surface area contributed by atoms with Crippen LogP contribution in [-0.2, 0) is 0 Å². The maximum Gasteiger partial charge on any atom is 0.0120 e. The number of piperidine rings is 3. The molecule has 3 fully saturated rings. The van der Waals surface area contributed by atoms with Gasteiger partial charge < -0.3 is 20.0 Å². The van der Waals surface area contributed by atoms with Gasteiger partial charge >= 0.3 is 0 Å². The zero-order chi connectivity index (χ0) is 19.2. The van der Waals surface area contributed by atoms with Crippen molar-refractivity contribution in [2.45, 2.75) is 84.3 Å². The fraction of sp³-hybridized carbons (Fsp3) is 1.00. The van der Waals surface area contributed by atoms with Crippen LogP contribution in [-0.4, -0.2) is 85.2 Å². The third kappa shape index (κ3) is 6.69. The van der Waals surface area contributed by atoms with E-state index in [9.17, 15) is 0 Å². The van der Waals surface area contributed by atoms with Crippen molar-refractivity contribution >= 4 is 0 Å². The van der Waals surface area contributed by atoms with E-state index >= 15 is 0 Å². The molecule has 0 aromatic heterocycles. The number of likely N-dealkylation sites (tertiary alicyclic amines) is 3. The molecule has 0 saturated carbocycles. The highest BCUT2D eigenvalue weighted by molar-refractivity contribution is 4.86. The van der Waals surface area contributed by atoms with E-state index < -0.39 is 0 Å². The summed E-state index contributed by atoms with van der Waals surface area (Å²) in [6.07, 6.45) is 8.29. The van der Waals surface area contributed by atoms with E-state index in [1.807, 2.05) is 0 Å². The maximum absolute atomic E-state index is 3.73. The molecule has 4 nitrogen and oxygen atoms in total. The number of hydrogen-bond acceptors (Lipinski definition) is 4. The second-order valence-electron chi connectivity index (χ2n) is 10.1. The summed E-state index contributed by atoms with van der Waals surface area (Å²) in [7, 11) is 0. The molecule has 0 aromatic rings. The number of nitrogens with one attached hydrogen (secondary N) is 1. The quantitative estimate of drug-likeness (QED) is 0.734. The molecule has 4 heteroatoms. The van der Waals surface area contributed by atoms with Gasteiger partial charge in [-0.1, -0.05) is 27.7 Å². The van der Waals surface area contributed by atoms with Crippen LogP contribution in [0.25, 0.3) is 0 Å². The van der Waals surface area contributed by atoms with Crippen molar-refractivity contribution in [2.24, 2.45) is 11.8 Å². The van der Waals surface area contributed by atoms with Crippen molar-refractivity contribution in [1.29, 1.82) is 0 Å². The van der Waals surface area contributed by atoms with Gasteiger partial charge in [0.05, 0.1) is 0 Å². The van der Waals surface area contributed by atoms with Gasteiger partial charge in [-0.25, -0.2) is 0 Å². The van der Waals surface area contributed by atoms with Crippen LogP contribution in [0, 0.1) is 11.8 Å². The highest BCUT2D eigenvalue weighted by Crippen LogP contribution is 2.25. The van der Waals surface area contributed by atoms with Crippen LogP contribution in [0.15, 0.2) is 0 Å². The molecule has 0 radical (unpaired) electrons. The molecule has 3 saturated heterocycles. The van der Waals surface area contributed by atoms with Crippen LogP contribution in [0.2, 0.25) is 0 Å². The van der Waals surface area contributed by atoms with Gasteiger partial charge in [0.25, 0.3) is 0 Å². The van der Waals surface area contributed by atoms with Gasteiger partial charge in [-0.3, -0.25) is 0 Å². The number of nitrogens with zero attached hydrogens (tertiary/aromatic N) is 3. The normalized spacial score (nSPS) is 26.4. The Labute approximate surface area is 169 Å². The molecule has 0 spiro atoms. The summed E-state index contributed by atoms with van der Waals surface area (Å²) >= 11 is 0. The summed E-state index contributed by atoms with van der Waals surface area (Å²) in [6.45, 7) is 19.8. The van der Waals surface area contributed by atoms with Gasteiger partial charge in [0.1, 0.15) is 0 Å². The predicted octanol–water partition coefficient (Wildman–Crippen LogP) is 3.28. The summed E-state index contributed by atoms with van der Waals surface area (Å²) < 4.78 is 0. The van der Waals surface area contributed by atoms with Crippen molar-refractivity contribution in [3.63, 3.8) is 0 Å². The summed E-state index contributed by atoms with van der Waals surface area (Å²) in [6, 6.07) is 2.23. The molecule has 27 heavy (non-hydrogen) atoms. The molecule has 0 unspecified atom stereocenters. The van der Waals surface area contributed by atoms with Crippen LogP contribution >= 0.6 is 0 Å². The number of hydrogen-bond donors (Lipinski definition) is 1. The largest absolute Gasteiger partial charge is 0.312 e. The highest BCUT2D eigenvalue weighted by atomic mass is 15.2. The van der Waals surface area contributed by atoms with E-state index in [2.05, 4.69) is 47.7 Å². The Morgan fingerprint density at radius 3 is 1.70 bits per heavy atom. The Balaban J connectivity index is 1.28. The minimum absolute atomic E-state index is 0.626. The molecular weight excluding hydrogens is 332 g/mol. The fourth-order valence-electron chi connectivity index (χ4n) is 5.54. The monoisotopic (exact) mass is 378 g/mol. The minimum Gasteiger partial charge on any atom is -0.312 e. The van der Waals surface area contributed by atoms with Crippen molar-refractivity contribution < 1.29 is 0 Å².